The van der Waals surface area contributed by atoms with E-state index < -0.39 is 11.5 Å². The number of carbonyl (C=O) groups is 1. The lowest BCUT2D eigenvalue weighted by Gasteiger charge is -2.09. The predicted octanol–water partition coefficient (Wildman–Crippen LogP) is 1.48. The third-order valence-electron chi connectivity index (χ3n) is 3.85. The van der Waals surface area contributed by atoms with E-state index >= 15 is 0 Å². The second kappa shape index (κ2) is 6.68. The van der Waals surface area contributed by atoms with E-state index in [1.165, 1.54) is 4.57 Å². The summed E-state index contributed by atoms with van der Waals surface area (Å²) in [7, 11) is 1.75. The molecule has 0 unspecified atom stereocenters. The lowest BCUT2D eigenvalue weighted by molar-refractivity contribution is 0.102. The van der Waals surface area contributed by atoms with E-state index in [0.717, 1.165) is 5.82 Å². The molecule has 0 atom stereocenters. The highest BCUT2D eigenvalue weighted by molar-refractivity contribution is 6.04. The zero-order chi connectivity index (χ0) is 18.0. The number of carbonyl (C=O) groups excluding carboxylic acids is 1. The lowest BCUT2D eigenvalue weighted by Crippen LogP contribution is -2.29. The Morgan fingerprint density at radius 2 is 2.12 bits per heavy atom. The van der Waals surface area contributed by atoms with Crippen molar-refractivity contribution < 1.29 is 4.79 Å². The largest absolute Gasteiger partial charge is 0.289 e. The Hall–Kier alpha value is -3.29. The summed E-state index contributed by atoms with van der Waals surface area (Å²) in [6.45, 7) is 3.66. The first kappa shape index (κ1) is 16.6. The topological polar surface area (TPSA) is 94.7 Å². The standard InChI is InChI=1S/C17H18N6O2/c1-4-13-19-17(21-22(13)3)20-15(24)14-11(2)7-9-23(16(14)25)12-6-5-8-18-10-12/h5-10H,4H2,1-3H3,(H,20,21,24). The van der Waals surface area contributed by atoms with E-state index in [2.05, 4.69) is 20.4 Å². The minimum absolute atomic E-state index is 0.0526. The third kappa shape index (κ3) is 3.18. The van der Waals surface area contributed by atoms with Crippen molar-refractivity contribution in [3.63, 3.8) is 0 Å². The predicted molar refractivity (Wildman–Crippen MR) is 92.9 cm³/mol. The van der Waals surface area contributed by atoms with Gasteiger partial charge in [0, 0.05) is 25.9 Å². The SMILES string of the molecule is CCc1nc(NC(=O)c2c(C)ccn(-c3cccnc3)c2=O)nn1C. The molecule has 1 amide bonds. The maximum atomic E-state index is 12.8. The molecule has 0 aliphatic carbocycles. The number of anilines is 1. The Morgan fingerprint density at radius 3 is 2.76 bits per heavy atom. The summed E-state index contributed by atoms with van der Waals surface area (Å²) in [5.41, 5.74) is 0.800. The van der Waals surface area contributed by atoms with Gasteiger partial charge in [0.25, 0.3) is 11.5 Å². The molecule has 0 fully saturated rings. The molecule has 0 saturated heterocycles. The van der Waals surface area contributed by atoms with E-state index in [-0.39, 0.29) is 11.5 Å². The Morgan fingerprint density at radius 1 is 1.32 bits per heavy atom. The van der Waals surface area contributed by atoms with Crippen LogP contribution >= 0.6 is 0 Å². The number of aromatic nitrogens is 5. The average Bonchev–Trinajstić information content (AvgIpc) is 2.95. The van der Waals surface area contributed by atoms with Gasteiger partial charge in [0.2, 0.25) is 5.95 Å². The number of pyridine rings is 2. The summed E-state index contributed by atoms with van der Waals surface area (Å²) in [5, 5.41) is 6.74. The van der Waals surface area contributed by atoms with Gasteiger partial charge in [-0.1, -0.05) is 6.92 Å². The minimum Gasteiger partial charge on any atom is -0.289 e. The quantitative estimate of drug-likeness (QED) is 0.777. The van der Waals surface area contributed by atoms with Gasteiger partial charge in [-0.3, -0.25) is 29.1 Å². The highest BCUT2D eigenvalue weighted by Crippen LogP contribution is 2.10. The fourth-order valence-corrected chi connectivity index (χ4v) is 2.54. The van der Waals surface area contributed by atoms with Gasteiger partial charge in [-0.2, -0.15) is 4.98 Å². The van der Waals surface area contributed by atoms with Crippen molar-refractivity contribution in [3.8, 4) is 5.69 Å². The van der Waals surface area contributed by atoms with Crippen LogP contribution in [0.1, 0.15) is 28.7 Å². The first-order valence-electron chi connectivity index (χ1n) is 7.85. The van der Waals surface area contributed by atoms with Gasteiger partial charge in [0.05, 0.1) is 11.9 Å². The number of nitrogens with zero attached hydrogens (tertiary/aromatic N) is 5. The molecule has 0 saturated carbocycles. The second-order valence-corrected chi connectivity index (χ2v) is 5.54. The molecule has 3 rings (SSSR count). The molecule has 1 N–H and O–H groups in total. The van der Waals surface area contributed by atoms with Gasteiger partial charge >= 0.3 is 0 Å². The van der Waals surface area contributed by atoms with Crippen LogP contribution in [0.25, 0.3) is 5.69 Å². The van der Waals surface area contributed by atoms with Crippen LogP contribution in [-0.4, -0.2) is 30.2 Å². The van der Waals surface area contributed by atoms with E-state index in [1.54, 1.807) is 55.4 Å². The number of hydrogen-bond donors (Lipinski definition) is 1. The van der Waals surface area contributed by atoms with E-state index in [1.807, 2.05) is 6.92 Å². The van der Waals surface area contributed by atoms with Crippen molar-refractivity contribution in [3.05, 3.63) is 64.1 Å². The average molecular weight is 338 g/mol. The minimum atomic E-state index is -0.533. The van der Waals surface area contributed by atoms with E-state index in [0.29, 0.717) is 17.7 Å². The zero-order valence-corrected chi connectivity index (χ0v) is 14.2. The first-order valence-corrected chi connectivity index (χ1v) is 7.85. The van der Waals surface area contributed by atoms with Crippen molar-refractivity contribution in [1.82, 2.24) is 24.3 Å². The highest BCUT2D eigenvalue weighted by Gasteiger charge is 2.18. The molecular formula is C17H18N6O2. The maximum Gasteiger partial charge on any atom is 0.268 e. The molecule has 8 heteroatoms. The van der Waals surface area contributed by atoms with Gasteiger partial charge in [0.1, 0.15) is 11.4 Å². The maximum absolute atomic E-state index is 12.8. The zero-order valence-electron chi connectivity index (χ0n) is 14.2. The molecule has 128 valence electrons. The van der Waals surface area contributed by atoms with Crippen LogP contribution in [0.3, 0.4) is 0 Å². The Labute approximate surface area is 144 Å². The molecule has 0 aliphatic heterocycles. The molecule has 0 radical (unpaired) electrons. The van der Waals surface area contributed by atoms with Crippen LogP contribution in [0.4, 0.5) is 5.95 Å². The van der Waals surface area contributed by atoms with Gasteiger partial charge in [-0.25, -0.2) is 0 Å². The molecule has 3 aromatic rings. The van der Waals surface area contributed by atoms with Crippen LogP contribution in [0.15, 0.2) is 41.6 Å². The Kier molecular flexibility index (Phi) is 4.42. The van der Waals surface area contributed by atoms with Crippen molar-refractivity contribution >= 4 is 11.9 Å². The third-order valence-corrected chi connectivity index (χ3v) is 3.85. The van der Waals surface area contributed by atoms with Gasteiger partial charge in [-0.15, -0.1) is 5.10 Å². The summed E-state index contributed by atoms with van der Waals surface area (Å²) in [6, 6.07) is 5.19. The van der Waals surface area contributed by atoms with E-state index in [4.69, 9.17) is 0 Å². The number of nitrogens with one attached hydrogen (secondary N) is 1. The number of amides is 1. The summed E-state index contributed by atoms with van der Waals surface area (Å²) in [4.78, 5) is 33.6. The van der Waals surface area contributed by atoms with Crippen molar-refractivity contribution in [2.45, 2.75) is 20.3 Å². The van der Waals surface area contributed by atoms with Crippen LogP contribution in [-0.2, 0) is 13.5 Å². The molecular weight excluding hydrogens is 320 g/mol. The monoisotopic (exact) mass is 338 g/mol. The molecule has 8 nitrogen and oxygen atoms in total. The van der Waals surface area contributed by atoms with Gasteiger partial charge in [0.15, 0.2) is 0 Å². The van der Waals surface area contributed by atoms with Crippen LogP contribution < -0.4 is 10.9 Å². The van der Waals surface area contributed by atoms with Crippen LogP contribution in [0, 0.1) is 6.92 Å². The smallest absolute Gasteiger partial charge is 0.268 e. The Bertz CT molecular complexity index is 975. The number of rotatable bonds is 4. The molecule has 25 heavy (non-hydrogen) atoms. The summed E-state index contributed by atoms with van der Waals surface area (Å²) in [5.74, 6) is 0.391. The molecule has 0 bridgehead atoms. The second-order valence-electron chi connectivity index (χ2n) is 5.54. The number of hydrogen-bond acceptors (Lipinski definition) is 5. The first-order chi connectivity index (χ1) is 12.0. The molecule has 3 aromatic heterocycles. The highest BCUT2D eigenvalue weighted by atomic mass is 16.2. The fraction of sp³-hybridized carbons (Fsp3) is 0.235. The normalized spacial score (nSPS) is 10.7. The van der Waals surface area contributed by atoms with Crippen molar-refractivity contribution in [1.29, 1.82) is 0 Å². The summed E-state index contributed by atoms with van der Waals surface area (Å²) < 4.78 is 2.99. The van der Waals surface area contributed by atoms with Gasteiger partial charge < -0.3 is 0 Å². The number of aryl methyl sites for hydroxylation is 3. The lowest BCUT2D eigenvalue weighted by atomic mass is 10.1. The van der Waals surface area contributed by atoms with Gasteiger partial charge in [-0.05, 0) is 30.7 Å². The summed E-state index contributed by atoms with van der Waals surface area (Å²) in [6.07, 6.45) is 5.50. The van der Waals surface area contributed by atoms with E-state index in [9.17, 15) is 9.59 Å². The van der Waals surface area contributed by atoms with Crippen molar-refractivity contribution in [2.24, 2.45) is 7.05 Å². The van der Waals surface area contributed by atoms with Crippen molar-refractivity contribution in [2.75, 3.05) is 5.32 Å². The van der Waals surface area contributed by atoms with Crippen LogP contribution in [0.5, 0.6) is 0 Å². The fourth-order valence-electron chi connectivity index (χ4n) is 2.54. The molecule has 0 spiro atoms. The van der Waals surface area contributed by atoms with Crippen LogP contribution in [0.2, 0.25) is 0 Å². The molecule has 3 heterocycles. The molecule has 0 aromatic carbocycles. The summed E-state index contributed by atoms with van der Waals surface area (Å²) >= 11 is 0. The Balaban J connectivity index is 1.98. The molecule has 0 aliphatic rings.